The van der Waals surface area contributed by atoms with E-state index in [1.165, 1.54) is 0 Å². The summed E-state index contributed by atoms with van der Waals surface area (Å²) in [5.41, 5.74) is 3.08. The fourth-order valence-electron chi connectivity index (χ4n) is 3.90. The molecule has 0 bridgehead atoms. The zero-order valence-corrected chi connectivity index (χ0v) is 18.5. The van der Waals surface area contributed by atoms with Gasteiger partial charge in [-0.3, -0.25) is 19.8 Å². The van der Waals surface area contributed by atoms with E-state index in [1.807, 2.05) is 29.2 Å². The molecule has 1 saturated heterocycles. The van der Waals surface area contributed by atoms with E-state index < -0.39 is 0 Å². The third-order valence-electron chi connectivity index (χ3n) is 5.60. The quantitative estimate of drug-likeness (QED) is 0.607. The molecule has 9 nitrogen and oxygen atoms in total. The molecule has 1 N–H and O–H groups in total. The van der Waals surface area contributed by atoms with Gasteiger partial charge in [0.2, 0.25) is 5.75 Å². The zero-order valence-electron chi connectivity index (χ0n) is 18.5. The smallest absolute Gasteiger partial charge is 0.271 e. The lowest BCUT2D eigenvalue weighted by atomic mass is 10.1. The highest BCUT2D eigenvalue weighted by Crippen LogP contribution is 2.40. The third-order valence-corrected chi connectivity index (χ3v) is 5.60. The van der Waals surface area contributed by atoms with E-state index in [0.29, 0.717) is 48.3 Å². The summed E-state index contributed by atoms with van der Waals surface area (Å²) >= 11 is 0. The van der Waals surface area contributed by atoms with Crippen molar-refractivity contribution in [3.63, 3.8) is 0 Å². The first-order chi connectivity index (χ1) is 15.6. The molecule has 168 valence electrons. The van der Waals surface area contributed by atoms with Crippen molar-refractivity contribution in [1.29, 1.82) is 0 Å². The van der Waals surface area contributed by atoms with Crippen LogP contribution in [0.5, 0.6) is 17.2 Å². The Labute approximate surface area is 186 Å². The number of hydrogen-bond donors (Lipinski definition) is 1. The molecule has 1 aromatic carbocycles. The average Bonchev–Trinajstić information content (AvgIpc) is 3.34. The minimum Gasteiger partial charge on any atom is -0.493 e. The van der Waals surface area contributed by atoms with Gasteiger partial charge in [0.15, 0.2) is 11.5 Å². The number of H-pyrrole nitrogens is 1. The van der Waals surface area contributed by atoms with Gasteiger partial charge in [0.1, 0.15) is 5.69 Å². The molecule has 3 aromatic rings. The van der Waals surface area contributed by atoms with Crippen LogP contribution in [0, 0.1) is 0 Å². The van der Waals surface area contributed by atoms with Gasteiger partial charge < -0.3 is 19.1 Å². The van der Waals surface area contributed by atoms with Gasteiger partial charge in [-0.05, 0) is 24.3 Å². The number of methoxy groups -OCH3 is 3. The molecule has 1 aliphatic rings. The lowest BCUT2D eigenvalue weighted by Crippen LogP contribution is -2.48. The summed E-state index contributed by atoms with van der Waals surface area (Å²) in [7, 11) is 4.83. The third kappa shape index (κ3) is 4.38. The molecule has 3 heterocycles. The first-order valence-corrected chi connectivity index (χ1v) is 10.4. The molecule has 9 heteroatoms. The molecule has 0 radical (unpaired) electrons. The highest BCUT2D eigenvalue weighted by Gasteiger charge is 2.25. The van der Waals surface area contributed by atoms with E-state index in [1.54, 1.807) is 39.8 Å². The van der Waals surface area contributed by atoms with E-state index in [-0.39, 0.29) is 5.91 Å². The van der Waals surface area contributed by atoms with Gasteiger partial charge in [0.25, 0.3) is 5.91 Å². The summed E-state index contributed by atoms with van der Waals surface area (Å²) in [6, 6.07) is 9.41. The Kier molecular flexibility index (Phi) is 6.55. The number of aromatic amines is 1. The van der Waals surface area contributed by atoms with Crippen LogP contribution in [-0.2, 0) is 6.54 Å². The number of piperazine rings is 1. The second-order valence-electron chi connectivity index (χ2n) is 7.47. The number of amides is 1. The Morgan fingerprint density at radius 1 is 1.03 bits per heavy atom. The highest BCUT2D eigenvalue weighted by atomic mass is 16.5. The van der Waals surface area contributed by atoms with Crippen molar-refractivity contribution >= 4 is 5.91 Å². The van der Waals surface area contributed by atoms with E-state index in [9.17, 15) is 4.79 Å². The molecule has 32 heavy (non-hydrogen) atoms. The molecule has 0 unspecified atom stereocenters. The molecule has 4 rings (SSSR count). The Bertz CT molecular complexity index is 1060. The maximum Gasteiger partial charge on any atom is 0.271 e. The van der Waals surface area contributed by atoms with Gasteiger partial charge >= 0.3 is 0 Å². The summed E-state index contributed by atoms with van der Waals surface area (Å²) in [6.07, 6.45) is 3.44. The summed E-state index contributed by atoms with van der Waals surface area (Å²) in [6.45, 7) is 3.48. The van der Waals surface area contributed by atoms with Crippen LogP contribution in [0.3, 0.4) is 0 Å². The predicted octanol–water partition coefficient (Wildman–Crippen LogP) is 2.46. The molecular formula is C23H27N5O4. The van der Waals surface area contributed by atoms with Crippen LogP contribution in [0.4, 0.5) is 0 Å². The maximum absolute atomic E-state index is 12.9. The summed E-state index contributed by atoms with van der Waals surface area (Å²) < 4.78 is 16.4. The van der Waals surface area contributed by atoms with Gasteiger partial charge in [-0.1, -0.05) is 6.07 Å². The highest BCUT2D eigenvalue weighted by molar-refractivity contribution is 5.93. The van der Waals surface area contributed by atoms with Gasteiger partial charge in [-0.25, -0.2) is 0 Å². The standard InChI is InChI=1S/C23H27N5O4/c1-30-20-7-6-17(21(31-2)22(20)32-3)15-27-9-11-28(12-10-27)23(29)19-13-18(25-26-19)16-5-4-8-24-14-16/h4-8,13-14H,9-12,15H2,1-3H3,(H,25,26). The van der Waals surface area contributed by atoms with E-state index >= 15 is 0 Å². The minimum absolute atomic E-state index is 0.0454. The van der Waals surface area contributed by atoms with Crippen LogP contribution in [0.25, 0.3) is 11.3 Å². The van der Waals surface area contributed by atoms with Crippen molar-refractivity contribution in [2.24, 2.45) is 0 Å². The Morgan fingerprint density at radius 2 is 1.81 bits per heavy atom. The lowest BCUT2D eigenvalue weighted by Gasteiger charge is -2.34. The van der Waals surface area contributed by atoms with Gasteiger partial charge in [0, 0.05) is 56.2 Å². The maximum atomic E-state index is 12.9. The fourth-order valence-corrected chi connectivity index (χ4v) is 3.90. The Hall–Kier alpha value is -3.59. The predicted molar refractivity (Wildman–Crippen MR) is 119 cm³/mol. The topological polar surface area (TPSA) is 92.8 Å². The van der Waals surface area contributed by atoms with Crippen LogP contribution >= 0.6 is 0 Å². The molecule has 1 aliphatic heterocycles. The van der Waals surface area contributed by atoms with E-state index in [2.05, 4.69) is 20.1 Å². The van der Waals surface area contributed by atoms with Gasteiger partial charge in [-0.2, -0.15) is 5.10 Å². The normalized spacial score (nSPS) is 14.3. The summed E-state index contributed by atoms with van der Waals surface area (Å²) in [5.74, 6) is 1.85. The second-order valence-corrected chi connectivity index (χ2v) is 7.47. The second kappa shape index (κ2) is 9.69. The molecule has 0 spiro atoms. The van der Waals surface area contributed by atoms with Crippen LogP contribution < -0.4 is 14.2 Å². The average molecular weight is 438 g/mol. The first-order valence-electron chi connectivity index (χ1n) is 10.4. The first kappa shape index (κ1) is 21.6. The van der Waals surface area contributed by atoms with Crippen molar-refractivity contribution in [2.45, 2.75) is 6.54 Å². The number of hydrogen-bond acceptors (Lipinski definition) is 7. The van der Waals surface area contributed by atoms with Crippen LogP contribution in [0.2, 0.25) is 0 Å². The number of benzene rings is 1. The number of ether oxygens (including phenoxy) is 3. The van der Waals surface area contributed by atoms with E-state index in [0.717, 1.165) is 24.2 Å². The number of nitrogens with one attached hydrogen (secondary N) is 1. The summed E-state index contributed by atoms with van der Waals surface area (Å²) in [5, 5.41) is 7.13. The molecule has 0 atom stereocenters. The molecule has 2 aromatic heterocycles. The van der Waals surface area contributed by atoms with Crippen LogP contribution in [-0.4, -0.2) is 78.4 Å². The fraction of sp³-hybridized carbons (Fsp3) is 0.348. The molecule has 0 aliphatic carbocycles. The summed E-state index contributed by atoms with van der Waals surface area (Å²) in [4.78, 5) is 21.2. The number of carbonyl (C=O) groups excluding carboxylic acids is 1. The van der Waals surface area contributed by atoms with Crippen LogP contribution in [0.1, 0.15) is 16.1 Å². The largest absolute Gasteiger partial charge is 0.493 e. The number of aromatic nitrogens is 3. The van der Waals surface area contributed by atoms with Gasteiger partial charge in [-0.15, -0.1) is 0 Å². The number of pyridine rings is 1. The molecule has 0 saturated carbocycles. The number of nitrogens with zero attached hydrogens (tertiary/aromatic N) is 4. The van der Waals surface area contributed by atoms with Crippen molar-refractivity contribution in [3.05, 3.63) is 54.0 Å². The minimum atomic E-state index is -0.0454. The lowest BCUT2D eigenvalue weighted by molar-refractivity contribution is 0.0621. The monoisotopic (exact) mass is 437 g/mol. The van der Waals surface area contributed by atoms with Crippen LogP contribution in [0.15, 0.2) is 42.7 Å². The molecule has 1 amide bonds. The number of rotatable bonds is 7. The van der Waals surface area contributed by atoms with Gasteiger partial charge in [0.05, 0.1) is 27.0 Å². The van der Waals surface area contributed by atoms with Crippen molar-refractivity contribution in [3.8, 4) is 28.5 Å². The number of carbonyl (C=O) groups is 1. The zero-order chi connectivity index (χ0) is 22.5. The Morgan fingerprint density at radius 3 is 2.47 bits per heavy atom. The Balaban J connectivity index is 1.39. The molecule has 1 fully saturated rings. The SMILES string of the molecule is COc1ccc(CN2CCN(C(=O)c3cc(-c4cccnc4)n[nH]3)CC2)c(OC)c1OC. The van der Waals surface area contributed by atoms with Crippen molar-refractivity contribution < 1.29 is 19.0 Å². The van der Waals surface area contributed by atoms with Crippen molar-refractivity contribution in [2.75, 3.05) is 47.5 Å². The van der Waals surface area contributed by atoms with Crippen molar-refractivity contribution in [1.82, 2.24) is 25.0 Å². The van der Waals surface area contributed by atoms with E-state index in [4.69, 9.17) is 14.2 Å². The molecular weight excluding hydrogens is 410 g/mol.